The number of aliphatic hydroxyl groups excluding tert-OH is 1. The van der Waals surface area contributed by atoms with E-state index in [0.29, 0.717) is 0 Å². The second-order valence-corrected chi connectivity index (χ2v) is 7.03. The van der Waals surface area contributed by atoms with Crippen molar-refractivity contribution < 1.29 is 30.0 Å². The molecule has 3 nitrogen and oxygen atoms in total. The predicted octanol–water partition coefficient (Wildman–Crippen LogP) is 6.37. The van der Waals surface area contributed by atoms with Crippen molar-refractivity contribution in [3.05, 3.63) is 89.7 Å². The van der Waals surface area contributed by atoms with Gasteiger partial charge in [0, 0.05) is 37.3 Å². The van der Waals surface area contributed by atoms with Crippen molar-refractivity contribution in [3.63, 3.8) is 0 Å². The van der Waals surface area contributed by atoms with E-state index in [1.165, 1.54) is 41.8 Å². The van der Waals surface area contributed by atoms with Gasteiger partial charge in [-0.15, -0.1) is 29.7 Å². The first-order chi connectivity index (χ1) is 14.0. The summed E-state index contributed by atoms with van der Waals surface area (Å²) >= 11 is 0. The Hall–Kier alpha value is -3.07. The number of fused-ring (bicyclic) bond motifs is 1. The molecule has 0 unspecified atom stereocenters. The van der Waals surface area contributed by atoms with Gasteiger partial charge in [-0.05, 0) is 31.0 Å². The van der Waals surface area contributed by atoms with Crippen LogP contribution in [0.5, 0.6) is 0 Å². The molecule has 0 aliphatic heterocycles. The number of pyridine rings is 1. The number of carbonyl (C=O) groups is 1. The Morgan fingerprint density at radius 3 is 2.47 bits per heavy atom. The maximum absolute atomic E-state index is 10.0. The molecule has 0 spiro atoms. The third-order valence-electron chi connectivity index (χ3n) is 4.69. The number of rotatable bonds is 2. The molecule has 0 saturated carbocycles. The zero-order valence-corrected chi connectivity index (χ0v) is 19.0. The van der Waals surface area contributed by atoms with Gasteiger partial charge in [0.2, 0.25) is 0 Å². The van der Waals surface area contributed by atoms with Gasteiger partial charge in [-0.2, -0.15) is 0 Å². The molecule has 1 N–H and O–H groups in total. The van der Waals surface area contributed by atoms with Crippen LogP contribution in [0.15, 0.2) is 72.5 Å². The zero-order valence-electron chi connectivity index (χ0n) is 16.6. The molecule has 1 heterocycles. The summed E-state index contributed by atoms with van der Waals surface area (Å²) in [5.74, 6) is -0.0625. The Kier molecular flexibility index (Phi) is 6.61. The Balaban J connectivity index is 0.000000281. The van der Waals surface area contributed by atoms with Crippen LogP contribution in [0.25, 0.3) is 45.1 Å². The number of carbonyl (C=O) groups excluding carboxylic acids is 1. The predicted molar refractivity (Wildman–Crippen MR) is 120 cm³/mol. The maximum atomic E-state index is 10.0. The largest absolute Gasteiger partial charge is 0.512 e. The molecular formula is C26H20IrNO2-. The molecule has 1 radical (unpaired) electrons. The van der Waals surface area contributed by atoms with Crippen LogP contribution >= 0.6 is 0 Å². The number of allylic oxidation sites excluding steroid dienone is 2. The van der Waals surface area contributed by atoms with Crippen LogP contribution in [0.1, 0.15) is 25.0 Å². The van der Waals surface area contributed by atoms with Crippen molar-refractivity contribution in [2.45, 2.75) is 13.8 Å². The van der Waals surface area contributed by atoms with Gasteiger partial charge < -0.3 is 5.11 Å². The van der Waals surface area contributed by atoms with E-state index in [-0.39, 0.29) is 31.6 Å². The third-order valence-corrected chi connectivity index (χ3v) is 4.69. The minimum atomic E-state index is -0.125. The normalized spacial score (nSPS) is 11.7. The summed E-state index contributed by atoms with van der Waals surface area (Å²) in [5.41, 5.74) is 5.59. The van der Waals surface area contributed by atoms with Crippen LogP contribution in [0.3, 0.4) is 0 Å². The van der Waals surface area contributed by atoms with Crippen molar-refractivity contribution in [1.29, 1.82) is 0 Å². The van der Waals surface area contributed by atoms with E-state index in [2.05, 4.69) is 72.8 Å². The second-order valence-electron chi connectivity index (χ2n) is 7.03. The van der Waals surface area contributed by atoms with Crippen molar-refractivity contribution in [2.75, 3.05) is 0 Å². The fourth-order valence-corrected chi connectivity index (χ4v) is 3.49. The van der Waals surface area contributed by atoms with Crippen LogP contribution in [-0.2, 0) is 24.9 Å². The molecule has 0 fully saturated rings. The molecule has 0 atom stereocenters. The quantitative estimate of drug-likeness (QED) is 0.152. The zero-order chi connectivity index (χ0) is 20.4. The van der Waals surface area contributed by atoms with Gasteiger partial charge in [0.25, 0.3) is 0 Å². The van der Waals surface area contributed by atoms with E-state index < -0.39 is 0 Å². The van der Waals surface area contributed by atoms with Crippen LogP contribution in [0.2, 0.25) is 0 Å². The molecule has 4 aromatic rings. The molecule has 1 aromatic heterocycles. The van der Waals surface area contributed by atoms with Crippen molar-refractivity contribution >= 4 is 39.6 Å². The number of benzene rings is 3. The molecule has 5 rings (SSSR count). The van der Waals surface area contributed by atoms with Crippen LogP contribution < -0.4 is 0 Å². The average molecular weight is 571 g/mol. The van der Waals surface area contributed by atoms with Gasteiger partial charge in [0.1, 0.15) is 0 Å². The molecule has 1 aliphatic rings. The summed E-state index contributed by atoms with van der Waals surface area (Å²) in [5, 5.41) is 12.0. The summed E-state index contributed by atoms with van der Waals surface area (Å²) < 4.78 is 0. The summed E-state index contributed by atoms with van der Waals surface area (Å²) in [6.07, 6.45) is 5.50. The summed E-state index contributed by atoms with van der Waals surface area (Å²) in [7, 11) is 0. The fourth-order valence-electron chi connectivity index (χ4n) is 3.49. The fraction of sp³-hybridized carbons (Fsp3) is 0.0769. The van der Waals surface area contributed by atoms with E-state index in [4.69, 9.17) is 10.1 Å². The van der Waals surface area contributed by atoms with Gasteiger partial charge in [0.15, 0.2) is 5.78 Å². The topological polar surface area (TPSA) is 50.2 Å². The molecule has 4 heteroatoms. The van der Waals surface area contributed by atoms with Gasteiger partial charge in [0.05, 0.1) is 11.3 Å². The standard InChI is InChI=1S/C21H12N.C5H8O2.Ir/c1-2-5-16-12-17(10-8-14(16)4-1)20-13-18-11-9-15-6-3-7-19(22-20)21(15)18;1-4(6)3-5(2)7;/h1-11,13H;3,6H,1-2H3;/q-1;;. The number of aliphatic hydroxyl groups is 1. The molecule has 30 heavy (non-hydrogen) atoms. The Bertz CT molecular complexity index is 1300. The van der Waals surface area contributed by atoms with Crippen LogP contribution in [0.4, 0.5) is 0 Å². The minimum absolute atomic E-state index is 0. The van der Waals surface area contributed by atoms with E-state index >= 15 is 0 Å². The molecule has 1 aliphatic carbocycles. The van der Waals surface area contributed by atoms with E-state index in [1.807, 2.05) is 6.07 Å². The average Bonchev–Trinajstić information content (AvgIpc) is 3.12. The minimum Gasteiger partial charge on any atom is -0.512 e. The Morgan fingerprint density at radius 2 is 1.73 bits per heavy atom. The molecule has 0 amide bonds. The van der Waals surface area contributed by atoms with Crippen molar-refractivity contribution in [1.82, 2.24) is 4.98 Å². The number of ketones is 1. The Labute approximate surface area is 189 Å². The summed E-state index contributed by atoms with van der Waals surface area (Å²) in [6.45, 7) is 2.85. The van der Waals surface area contributed by atoms with Gasteiger partial charge in [-0.3, -0.25) is 9.78 Å². The monoisotopic (exact) mass is 571 g/mol. The first kappa shape index (κ1) is 21.6. The van der Waals surface area contributed by atoms with E-state index in [1.54, 1.807) is 0 Å². The molecule has 0 saturated heterocycles. The molecule has 151 valence electrons. The van der Waals surface area contributed by atoms with Crippen LogP contribution in [0, 0.1) is 6.07 Å². The van der Waals surface area contributed by atoms with Crippen molar-refractivity contribution in [3.8, 4) is 11.3 Å². The summed E-state index contributed by atoms with van der Waals surface area (Å²) in [4.78, 5) is 14.9. The van der Waals surface area contributed by atoms with Gasteiger partial charge in [-0.1, -0.05) is 59.5 Å². The van der Waals surface area contributed by atoms with Gasteiger partial charge >= 0.3 is 0 Å². The second kappa shape index (κ2) is 9.17. The van der Waals surface area contributed by atoms with E-state index in [9.17, 15) is 4.79 Å². The maximum Gasteiger partial charge on any atom is 0.155 e. The smallest absolute Gasteiger partial charge is 0.155 e. The number of hydrogen-bond acceptors (Lipinski definition) is 3. The first-order valence-corrected chi connectivity index (χ1v) is 9.42. The molecule has 0 bridgehead atoms. The number of nitrogens with zero attached hydrogens (tertiary/aromatic N) is 1. The number of hydrogen-bond donors (Lipinski definition) is 1. The SMILES string of the molecule is CC(=O)C=C(C)O.[Ir].[c-]1c(-c2cc3c4c(cccc4n2)C=C3)ccc2ccccc12. The summed E-state index contributed by atoms with van der Waals surface area (Å²) in [6, 6.07) is 24.5. The van der Waals surface area contributed by atoms with E-state index in [0.717, 1.165) is 22.2 Å². The number of aromatic nitrogens is 1. The first-order valence-electron chi connectivity index (χ1n) is 9.42. The Morgan fingerprint density at radius 1 is 0.967 bits per heavy atom. The molecular weight excluding hydrogens is 551 g/mol. The molecule has 3 aromatic carbocycles. The third kappa shape index (κ3) is 4.56. The van der Waals surface area contributed by atoms with Gasteiger partial charge in [-0.25, -0.2) is 0 Å². The van der Waals surface area contributed by atoms with Crippen LogP contribution in [-0.4, -0.2) is 15.9 Å². The van der Waals surface area contributed by atoms with Crippen molar-refractivity contribution in [2.24, 2.45) is 0 Å².